The van der Waals surface area contributed by atoms with E-state index >= 15 is 0 Å². The topological polar surface area (TPSA) is 15.8 Å². The van der Waals surface area contributed by atoms with Crippen LogP contribution in [0.15, 0.2) is 53.7 Å². The number of allylic oxidation sites excluding steroid dienone is 2. The Labute approximate surface area is 151 Å². The average molecular weight is 383 g/mol. The second kappa shape index (κ2) is 11.1. The third kappa shape index (κ3) is 6.26. The molecule has 0 bridgehead atoms. The van der Waals surface area contributed by atoms with Crippen LogP contribution in [0.4, 0.5) is 0 Å². The zero-order valence-corrected chi connectivity index (χ0v) is 15.3. The number of hydrogen-bond donors (Lipinski definition) is 1. The van der Waals surface area contributed by atoms with Gasteiger partial charge in [-0.05, 0) is 0 Å². The number of aromatic amines is 1. The van der Waals surface area contributed by atoms with E-state index in [4.69, 9.17) is 0 Å². The molecule has 0 radical (unpaired) electrons. The van der Waals surface area contributed by atoms with Gasteiger partial charge in [0.2, 0.25) is 0 Å². The summed E-state index contributed by atoms with van der Waals surface area (Å²) in [5.41, 5.74) is 2.56. The maximum atomic E-state index is 3.36. The summed E-state index contributed by atoms with van der Waals surface area (Å²) in [4.78, 5) is 2.74. The van der Waals surface area contributed by atoms with Crippen LogP contribution in [0, 0.1) is 6.20 Å². The van der Waals surface area contributed by atoms with Gasteiger partial charge in [0.05, 0.1) is 0 Å². The van der Waals surface area contributed by atoms with Crippen molar-refractivity contribution in [1.82, 2.24) is 4.98 Å². The van der Waals surface area contributed by atoms with Crippen molar-refractivity contribution < 1.29 is 51.0 Å². The molecule has 20 heavy (non-hydrogen) atoms. The van der Waals surface area contributed by atoms with E-state index in [0.717, 1.165) is 0 Å². The molecular formula is C16H15Cl2NZr. The summed E-state index contributed by atoms with van der Waals surface area (Å²) in [6.45, 7) is 4.23. The molecule has 2 aromatic rings. The van der Waals surface area contributed by atoms with Crippen molar-refractivity contribution in [3.8, 4) is 0 Å². The molecule has 0 saturated heterocycles. The molecule has 0 saturated carbocycles. The number of benzene rings is 1. The summed E-state index contributed by atoms with van der Waals surface area (Å²) in [7, 11) is 0. The Kier molecular flexibility index (Phi) is 12.1. The van der Waals surface area contributed by atoms with Gasteiger partial charge in [-0.1, -0.05) is 32.0 Å². The fourth-order valence-corrected chi connectivity index (χ4v) is 1.58. The molecule has 1 aromatic heterocycles. The van der Waals surface area contributed by atoms with Crippen LogP contribution in [-0.4, -0.2) is 4.98 Å². The summed E-state index contributed by atoms with van der Waals surface area (Å²) in [6.07, 6.45) is 10.1. The SMILES string of the molecule is CC(C)=C1[C-]=c2ccccc2=C1.[Cl-].[Cl-].[Zr+4].[c-]1ccc[nH]1. The number of fused-ring (bicyclic) bond motifs is 1. The first-order valence-electron chi connectivity index (χ1n) is 5.65. The predicted octanol–water partition coefficient (Wildman–Crippen LogP) is -3.71. The molecule has 3 rings (SSSR count). The largest absolute Gasteiger partial charge is 4.00 e. The number of nitrogens with one attached hydrogen (secondary N) is 1. The Morgan fingerprint density at radius 2 is 1.75 bits per heavy atom. The molecule has 0 atom stereocenters. The summed E-state index contributed by atoms with van der Waals surface area (Å²) in [6, 6.07) is 12.0. The first-order chi connectivity index (χ1) is 8.27. The van der Waals surface area contributed by atoms with Crippen molar-refractivity contribution in [2.24, 2.45) is 0 Å². The molecule has 1 aliphatic carbocycles. The summed E-state index contributed by atoms with van der Waals surface area (Å²) < 4.78 is 0. The Morgan fingerprint density at radius 1 is 1.05 bits per heavy atom. The normalized spacial score (nSPS) is 10.0. The van der Waals surface area contributed by atoms with E-state index in [-0.39, 0.29) is 51.0 Å². The van der Waals surface area contributed by atoms with Crippen molar-refractivity contribution in [2.45, 2.75) is 13.8 Å². The second-order valence-corrected chi connectivity index (χ2v) is 4.08. The number of halogens is 2. The standard InChI is InChI=1S/C12H11.C4H4N.2ClH.Zr/c1-9(2)12-7-10-5-3-4-6-11(10)8-12;1-2-4-5-3-1;;;/h3-7H,1-2H3;1-3,5H;2*1H;/q2*-1;;;+4/p-2. The Hall–Kier alpha value is -0.557. The fraction of sp³-hybridized carbons (Fsp3) is 0.125. The number of rotatable bonds is 0. The van der Waals surface area contributed by atoms with Gasteiger partial charge in [0.15, 0.2) is 0 Å². The van der Waals surface area contributed by atoms with Crippen molar-refractivity contribution in [3.63, 3.8) is 0 Å². The third-order valence-electron chi connectivity index (χ3n) is 2.51. The van der Waals surface area contributed by atoms with Gasteiger partial charge in [0.25, 0.3) is 0 Å². The van der Waals surface area contributed by atoms with E-state index in [1.54, 1.807) is 0 Å². The van der Waals surface area contributed by atoms with Crippen LogP contribution in [0.2, 0.25) is 0 Å². The van der Waals surface area contributed by atoms with Crippen molar-refractivity contribution in [3.05, 3.63) is 70.4 Å². The molecule has 1 heterocycles. The monoisotopic (exact) mass is 381 g/mol. The summed E-state index contributed by atoms with van der Waals surface area (Å²) >= 11 is 0. The smallest absolute Gasteiger partial charge is 1.00 e. The van der Waals surface area contributed by atoms with Gasteiger partial charge in [-0.25, -0.2) is 0 Å². The first kappa shape index (κ1) is 21.7. The third-order valence-corrected chi connectivity index (χ3v) is 2.51. The molecule has 0 fully saturated rings. The Morgan fingerprint density at radius 3 is 2.20 bits per heavy atom. The molecule has 0 spiro atoms. The van der Waals surface area contributed by atoms with Crippen LogP contribution >= 0.6 is 0 Å². The minimum Gasteiger partial charge on any atom is -1.00 e. The maximum absolute atomic E-state index is 3.36. The van der Waals surface area contributed by atoms with E-state index in [2.05, 4.69) is 55.4 Å². The minimum absolute atomic E-state index is 0. The summed E-state index contributed by atoms with van der Waals surface area (Å²) in [5.74, 6) is 0. The molecule has 0 amide bonds. The molecule has 1 aromatic carbocycles. The van der Waals surface area contributed by atoms with Crippen LogP contribution in [-0.2, 0) is 26.2 Å². The Balaban J connectivity index is 0. The second-order valence-electron chi connectivity index (χ2n) is 4.08. The average Bonchev–Trinajstić information content (AvgIpc) is 3.01. The summed E-state index contributed by atoms with van der Waals surface area (Å²) in [5, 5.41) is 2.50. The van der Waals surface area contributed by atoms with Crippen molar-refractivity contribution >= 4 is 12.2 Å². The van der Waals surface area contributed by atoms with Gasteiger partial charge < -0.3 is 29.8 Å². The zero-order valence-electron chi connectivity index (χ0n) is 11.4. The van der Waals surface area contributed by atoms with Gasteiger partial charge in [-0.15, -0.1) is 46.0 Å². The van der Waals surface area contributed by atoms with E-state index in [9.17, 15) is 0 Å². The van der Waals surface area contributed by atoms with Crippen LogP contribution in [0.25, 0.3) is 12.2 Å². The van der Waals surface area contributed by atoms with E-state index < -0.39 is 0 Å². The van der Waals surface area contributed by atoms with Crippen LogP contribution in [0.1, 0.15) is 13.8 Å². The van der Waals surface area contributed by atoms with E-state index in [1.807, 2.05) is 24.4 Å². The molecule has 1 nitrogen and oxygen atoms in total. The maximum Gasteiger partial charge on any atom is 4.00 e. The Bertz CT molecular complexity index is 573. The van der Waals surface area contributed by atoms with E-state index in [0.29, 0.717) is 0 Å². The molecule has 0 aliphatic heterocycles. The fourth-order valence-electron chi connectivity index (χ4n) is 1.58. The zero-order chi connectivity index (χ0) is 12.1. The first-order valence-corrected chi connectivity index (χ1v) is 5.65. The van der Waals surface area contributed by atoms with Gasteiger partial charge >= 0.3 is 26.2 Å². The number of H-pyrrole nitrogens is 1. The quantitative estimate of drug-likeness (QED) is 0.451. The van der Waals surface area contributed by atoms with Crippen LogP contribution in [0.5, 0.6) is 0 Å². The number of aromatic nitrogens is 1. The van der Waals surface area contributed by atoms with Gasteiger partial charge in [-0.2, -0.15) is 18.3 Å². The van der Waals surface area contributed by atoms with Gasteiger partial charge in [0.1, 0.15) is 0 Å². The van der Waals surface area contributed by atoms with Crippen molar-refractivity contribution in [2.75, 3.05) is 0 Å². The van der Waals surface area contributed by atoms with E-state index in [1.165, 1.54) is 21.6 Å². The predicted molar refractivity (Wildman–Crippen MR) is 71.6 cm³/mol. The van der Waals surface area contributed by atoms with Crippen molar-refractivity contribution in [1.29, 1.82) is 0 Å². The molecule has 4 heteroatoms. The molecule has 0 unspecified atom stereocenters. The molecule has 1 aliphatic rings. The molecule has 1 N–H and O–H groups in total. The number of hydrogen-bond acceptors (Lipinski definition) is 0. The van der Waals surface area contributed by atoms with Gasteiger partial charge in [0, 0.05) is 0 Å². The molecular weight excluding hydrogens is 368 g/mol. The molecule has 102 valence electrons. The minimum atomic E-state index is 0. The van der Waals surface area contributed by atoms with Crippen LogP contribution in [0.3, 0.4) is 0 Å². The van der Waals surface area contributed by atoms with Crippen LogP contribution < -0.4 is 35.3 Å². The van der Waals surface area contributed by atoms with Gasteiger partial charge in [-0.3, -0.25) is 0 Å².